The monoisotopic (exact) mass is 316 g/mol. The molecule has 18 heavy (non-hydrogen) atoms. The van der Waals surface area contributed by atoms with Crippen LogP contribution in [0.1, 0.15) is 31.7 Å². The van der Waals surface area contributed by atoms with Gasteiger partial charge in [0.15, 0.2) is 0 Å². The molecule has 2 nitrogen and oxygen atoms in total. The summed E-state index contributed by atoms with van der Waals surface area (Å²) in [5.74, 6) is -0.282. The second-order valence-electron chi connectivity index (χ2n) is 5.07. The molecule has 1 aliphatic heterocycles. The Morgan fingerprint density at radius 2 is 2.28 bits per heavy atom. The van der Waals surface area contributed by atoms with Crippen LogP contribution in [0, 0.1) is 5.82 Å². The molecule has 0 aromatic heterocycles. The van der Waals surface area contributed by atoms with Gasteiger partial charge in [0.1, 0.15) is 5.82 Å². The minimum atomic E-state index is -0.615. The zero-order valence-electron chi connectivity index (χ0n) is 10.5. The maximum atomic E-state index is 13.2. The number of benzene rings is 1. The van der Waals surface area contributed by atoms with Gasteiger partial charge in [-0.15, -0.1) is 0 Å². The predicted molar refractivity (Wildman–Crippen MR) is 72.0 cm³/mol. The van der Waals surface area contributed by atoms with E-state index >= 15 is 0 Å². The molecule has 0 spiro atoms. The first kappa shape index (κ1) is 14.0. The van der Waals surface area contributed by atoms with Crippen molar-refractivity contribution in [3.05, 3.63) is 34.1 Å². The molecule has 1 aromatic rings. The molecule has 0 amide bonds. The van der Waals surface area contributed by atoms with Crippen molar-refractivity contribution >= 4 is 15.9 Å². The highest BCUT2D eigenvalue weighted by Crippen LogP contribution is 2.31. The van der Waals surface area contributed by atoms with Crippen molar-refractivity contribution < 1.29 is 14.2 Å². The summed E-state index contributed by atoms with van der Waals surface area (Å²) in [6.07, 6.45) is 2.75. The van der Waals surface area contributed by atoms with Crippen LogP contribution >= 0.6 is 15.9 Å². The maximum Gasteiger partial charge on any atom is 0.123 e. The molecule has 1 N–H and O–H groups in total. The van der Waals surface area contributed by atoms with Gasteiger partial charge in [-0.3, -0.25) is 0 Å². The van der Waals surface area contributed by atoms with Gasteiger partial charge in [0.2, 0.25) is 0 Å². The van der Waals surface area contributed by atoms with E-state index in [9.17, 15) is 9.50 Å². The van der Waals surface area contributed by atoms with Crippen LogP contribution in [0.4, 0.5) is 4.39 Å². The fraction of sp³-hybridized carbons (Fsp3) is 0.571. The van der Waals surface area contributed by atoms with E-state index in [4.69, 9.17) is 4.74 Å². The first-order chi connectivity index (χ1) is 8.51. The van der Waals surface area contributed by atoms with E-state index in [0.29, 0.717) is 13.0 Å². The summed E-state index contributed by atoms with van der Waals surface area (Å²) in [6.45, 7) is 2.63. The second kappa shape index (κ2) is 5.68. The van der Waals surface area contributed by atoms with Crippen molar-refractivity contribution in [3.8, 4) is 0 Å². The Balaban J connectivity index is 2.10. The van der Waals surface area contributed by atoms with Crippen molar-refractivity contribution in [3.63, 3.8) is 0 Å². The summed E-state index contributed by atoms with van der Waals surface area (Å²) in [6, 6.07) is 4.53. The number of hydrogen-bond acceptors (Lipinski definition) is 2. The third kappa shape index (κ3) is 3.11. The zero-order chi connectivity index (χ0) is 13.2. The average molecular weight is 317 g/mol. The lowest BCUT2D eigenvalue weighted by molar-refractivity contribution is -0.135. The quantitative estimate of drug-likeness (QED) is 0.925. The molecule has 100 valence electrons. The minimum Gasteiger partial charge on any atom is -0.390 e. The van der Waals surface area contributed by atoms with Crippen LogP contribution < -0.4 is 0 Å². The summed E-state index contributed by atoms with van der Waals surface area (Å²) in [4.78, 5) is 0. The van der Waals surface area contributed by atoms with Gasteiger partial charge in [0.25, 0.3) is 0 Å². The van der Waals surface area contributed by atoms with Crippen LogP contribution in [-0.2, 0) is 11.2 Å². The molecule has 0 radical (unpaired) electrons. The lowest BCUT2D eigenvalue weighted by Crippen LogP contribution is -2.45. The van der Waals surface area contributed by atoms with Crippen LogP contribution in [-0.4, -0.2) is 23.4 Å². The number of aliphatic hydroxyl groups excluding tert-OH is 1. The van der Waals surface area contributed by atoms with Crippen molar-refractivity contribution in [2.45, 2.75) is 44.3 Å². The summed E-state index contributed by atoms with van der Waals surface area (Å²) in [7, 11) is 0. The van der Waals surface area contributed by atoms with Crippen LogP contribution in [0.2, 0.25) is 0 Å². The highest BCUT2D eigenvalue weighted by molar-refractivity contribution is 9.10. The molecule has 1 saturated heterocycles. The first-order valence-corrected chi connectivity index (χ1v) is 7.06. The van der Waals surface area contributed by atoms with Gasteiger partial charge < -0.3 is 9.84 Å². The zero-order valence-corrected chi connectivity index (χ0v) is 12.0. The topological polar surface area (TPSA) is 29.5 Å². The Morgan fingerprint density at radius 3 is 2.94 bits per heavy atom. The van der Waals surface area contributed by atoms with Gasteiger partial charge in [0.05, 0.1) is 11.7 Å². The van der Waals surface area contributed by atoms with E-state index in [0.717, 1.165) is 29.3 Å². The molecule has 1 aromatic carbocycles. The number of aliphatic hydroxyl groups is 1. The largest absolute Gasteiger partial charge is 0.390 e. The molecule has 0 aliphatic carbocycles. The van der Waals surface area contributed by atoms with E-state index in [1.807, 2.05) is 6.92 Å². The average Bonchev–Trinajstić information content (AvgIpc) is 2.35. The fourth-order valence-corrected chi connectivity index (χ4v) is 2.75. The van der Waals surface area contributed by atoms with Crippen LogP contribution in [0.15, 0.2) is 22.7 Å². The normalized spacial score (nSPS) is 26.0. The Labute approximate surface area is 115 Å². The number of ether oxygens (including phenoxy) is 1. The molecule has 2 atom stereocenters. The Kier molecular flexibility index (Phi) is 4.41. The molecule has 4 heteroatoms. The van der Waals surface area contributed by atoms with E-state index in [-0.39, 0.29) is 5.82 Å². The molecule has 1 heterocycles. The predicted octanol–water partition coefficient (Wildman–Crippen LogP) is 3.45. The molecule has 0 bridgehead atoms. The van der Waals surface area contributed by atoms with Crippen molar-refractivity contribution in [2.75, 3.05) is 6.61 Å². The van der Waals surface area contributed by atoms with Gasteiger partial charge in [-0.05, 0) is 49.9 Å². The fourth-order valence-electron chi connectivity index (χ4n) is 2.34. The molecule has 0 saturated carbocycles. The number of halogens is 2. The summed E-state index contributed by atoms with van der Waals surface area (Å²) < 4.78 is 19.7. The van der Waals surface area contributed by atoms with E-state index in [2.05, 4.69) is 15.9 Å². The summed E-state index contributed by atoms with van der Waals surface area (Å²) in [5, 5.41) is 10.3. The molecule has 2 rings (SSSR count). The standard InChI is InChI=1S/C14H18BrFO2/c1-14(6-2-3-7-18-14)13(17)9-10-8-11(16)4-5-12(10)15/h4-5,8,13,17H,2-3,6-7,9H2,1H3. The van der Waals surface area contributed by atoms with Crippen molar-refractivity contribution in [1.82, 2.24) is 0 Å². The summed E-state index contributed by atoms with van der Waals surface area (Å²) >= 11 is 3.38. The van der Waals surface area contributed by atoms with Gasteiger partial charge in [-0.25, -0.2) is 4.39 Å². The van der Waals surface area contributed by atoms with Gasteiger partial charge in [0, 0.05) is 17.5 Å². The molecule has 1 aliphatic rings. The smallest absolute Gasteiger partial charge is 0.123 e. The number of rotatable bonds is 3. The Morgan fingerprint density at radius 1 is 1.50 bits per heavy atom. The third-order valence-electron chi connectivity index (χ3n) is 3.63. The molecular formula is C14H18BrFO2. The molecule has 2 unspecified atom stereocenters. The highest BCUT2D eigenvalue weighted by atomic mass is 79.9. The molecular weight excluding hydrogens is 299 g/mol. The third-order valence-corrected chi connectivity index (χ3v) is 4.40. The van der Waals surface area contributed by atoms with Crippen molar-refractivity contribution in [2.24, 2.45) is 0 Å². The van der Waals surface area contributed by atoms with E-state index < -0.39 is 11.7 Å². The highest BCUT2D eigenvalue weighted by Gasteiger charge is 2.35. The Hall–Kier alpha value is -0.450. The van der Waals surface area contributed by atoms with E-state index in [1.54, 1.807) is 6.07 Å². The SMILES string of the molecule is CC1(C(O)Cc2cc(F)ccc2Br)CCCCO1. The lowest BCUT2D eigenvalue weighted by atomic mass is 9.87. The van der Waals surface area contributed by atoms with Gasteiger partial charge >= 0.3 is 0 Å². The Bertz CT molecular complexity index is 416. The van der Waals surface area contributed by atoms with Crippen LogP contribution in [0.3, 0.4) is 0 Å². The van der Waals surface area contributed by atoms with Gasteiger partial charge in [-0.2, -0.15) is 0 Å². The lowest BCUT2D eigenvalue weighted by Gasteiger charge is -2.38. The minimum absolute atomic E-state index is 0.282. The first-order valence-electron chi connectivity index (χ1n) is 6.27. The summed E-state index contributed by atoms with van der Waals surface area (Å²) in [5.41, 5.74) is 0.266. The van der Waals surface area contributed by atoms with Crippen LogP contribution in [0.5, 0.6) is 0 Å². The van der Waals surface area contributed by atoms with E-state index in [1.165, 1.54) is 12.1 Å². The van der Waals surface area contributed by atoms with Gasteiger partial charge in [-0.1, -0.05) is 15.9 Å². The number of hydrogen-bond donors (Lipinski definition) is 1. The second-order valence-corrected chi connectivity index (χ2v) is 5.93. The van der Waals surface area contributed by atoms with Crippen LogP contribution in [0.25, 0.3) is 0 Å². The maximum absolute atomic E-state index is 13.2. The van der Waals surface area contributed by atoms with Crippen molar-refractivity contribution in [1.29, 1.82) is 0 Å². The molecule has 1 fully saturated rings.